The zero-order valence-corrected chi connectivity index (χ0v) is 16.8. The summed E-state index contributed by atoms with van der Waals surface area (Å²) >= 11 is 0. The van der Waals surface area contributed by atoms with Crippen LogP contribution >= 0.6 is 0 Å². The molecule has 9 nitrogen and oxygen atoms in total. The monoisotopic (exact) mass is 388 g/mol. The molecule has 0 aromatic carbocycles. The minimum atomic E-state index is -1.66. The van der Waals surface area contributed by atoms with E-state index in [4.69, 9.17) is 23.7 Å². The molecule has 154 valence electrons. The smallest absolute Gasteiger partial charge is 0.303 e. The number of hydrogen-bond acceptors (Lipinski definition) is 9. The van der Waals surface area contributed by atoms with Crippen LogP contribution in [0.4, 0.5) is 0 Å². The number of esters is 4. The summed E-state index contributed by atoms with van der Waals surface area (Å²) < 4.78 is 27.2. The van der Waals surface area contributed by atoms with Crippen molar-refractivity contribution in [3.63, 3.8) is 0 Å². The number of carbonyl (C=O) groups is 4. The number of carbonyl (C=O) groups excluding carboxylic acids is 4. The molecule has 0 bridgehead atoms. The first kappa shape index (κ1) is 22.9. The maximum absolute atomic E-state index is 11.9. The van der Waals surface area contributed by atoms with E-state index in [-0.39, 0.29) is 6.61 Å². The molecule has 0 saturated carbocycles. The van der Waals surface area contributed by atoms with E-state index in [1.165, 1.54) is 27.7 Å². The molecular weight excluding hydrogens is 360 g/mol. The highest BCUT2D eigenvalue weighted by molar-refractivity contribution is 5.69. The molecule has 0 radical (unpaired) electrons. The topological polar surface area (TPSA) is 114 Å². The summed E-state index contributed by atoms with van der Waals surface area (Å²) in [7, 11) is 0. The largest absolute Gasteiger partial charge is 0.463 e. The standard InChI is InChI=1S/C18H28O9/c1-10(19)23-8-14-18(27-13(4)22,9-24-11(2)20)16(25-12(3)21)15(26-14)17(5,6)7/h14-16H,8-9H2,1-7H3/t14-,15-,16+,18+/m1/s1. The quantitative estimate of drug-likeness (QED) is 0.488. The van der Waals surface area contributed by atoms with E-state index in [1.807, 2.05) is 20.8 Å². The van der Waals surface area contributed by atoms with Gasteiger partial charge in [0.05, 0.1) is 0 Å². The number of ether oxygens (including phenoxy) is 5. The Morgan fingerprint density at radius 3 is 1.85 bits per heavy atom. The molecule has 27 heavy (non-hydrogen) atoms. The third-order valence-electron chi connectivity index (χ3n) is 4.03. The highest BCUT2D eigenvalue weighted by Crippen LogP contribution is 2.44. The van der Waals surface area contributed by atoms with Crippen molar-refractivity contribution in [2.75, 3.05) is 13.2 Å². The highest BCUT2D eigenvalue weighted by Gasteiger charge is 2.64. The van der Waals surface area contributed by atoms with Crippen LogP contribution in [-0.4, -0.2) is 61.0 Å². The maximum Gasteiger partial charge on any atom is 0.303 e. The average Bonchev–Trinajstić information content (AvgIpc) is 2.76. The Labute approximate surface area is 158 Å². The normalized spacial score (nSPS) is 27.6. The lowest BCUT2D eigenvalue weighted by Crippen LogP contribution is -2.58. The third kappa shape index (κ3) is 5.92. The molecule has 1 rings (SSSR count). The summed E-state index contributed by atoms with van der Waals surface area (Å²) in [6, 6.07) is 0. The van der Waals surface area contributed by atoms with Crippen molar-refractivity contribution in [3.05, 3.63) is 0 Å². The summed E-state index contributed by atoms with van der Waals surface area (Å²) in [4.78, 5) is 46.3. The van der Waals surface area contributed by atoms with Gasteiger partial charge in [-0.1, -0.05) is 20.8 Å². The zero-order valence-electron chi connectivity index (χ0n) is 16.8. The van der Waals surface area contributed by atoms with Crippen molar-refractivity contribution < 1.29 is 42.9 Å². The molecule has 0 aliphatic carbocycles. The molecule has 1 saturated heterocycles. The van der Waals surface area contributed by atoms with Gasteiger partial charge < -0.3 is 23.7 Å². The van der Waals surface area contributed by atoms with Gasteiger partial charge in [0.1, 0.15) is 25.4 Å². The van der Waals surface area contributed by atoms with Gasteiger partial charge in [-0.3, -0.25) is 19.2 Å². The van der Waals surface area contributed by atoms with Crippen molar-refractivity contribution in [2.24, 2.45) is 5.41 Å². The van der Waals surface area contributed by atoms with Crippen LogP contribution in [0.2, 0.25) is 0 Å². The van der Waals surface area contributed by atoms with Crippen LogP contribution in [0.1, 0.15) is 48.5 Å². The fraction of sp³-hybridized carbons (Fsp3) is 0.778. The molecule has 1 aliphatic heterocycles. The molecule has 1 aliphatic rings. The molecule has 0 unspecified atom stereocenters. The van der Waals surface area contributed by atoms with Gasteiger partial charge in [0.2, 0.25) is 5.60 Å². The molecule has 4 atom stereocenters. The summed E-state index contributed by atoms with van der Waals surface area (Å²) in [5.74, 6) is -2.49. The van der Waals surface area contributed by atoms with Gasteiger partial charge in [0, 0.05) is 27.7 Å². The Morgan fingerprint density at radius 2 is 1.44 bits per heavy atom. The molecule has 1 fully saturated rings. The van der Waals surface area contributed by atoms with Gasteiger partial charge in [-0.15, -0.1) is 0 Å². The van der Waals surface area contributed by atoms with Gasteiger partial charge in [-0.25, -0.2) is 0 Å². The van der Waals surface area contributed by atoms with Crippen molar-refractivity contribution in [2.45, 2.75) is 72.4 Å². The Hall–Kier alpha value is -2.16. The Kier molecular flexibility index (Phi) is 7.36. The summed E-state index contributed by atoms with van der Waals surface area (Å²) in [6.45, 7) is 9.68. The van der Waals surface area contributed by atoms with Crippen molar-refractivity contribution in [1.82, 2.24) is 0 Å². The minimum absolute atomic E-state index is 0.270. The van der Waals surface area contributed by atoms with Crippen molar-refractivity contribution in [1.29, 1.82) is 0 Å². The SMILES string of the molecule is CC(=O)OC[C@H]1O[C@@H](C(C)(C)C)[C@H](OC(C)=O)[C@@]1(COC(C)=O)OC(C)=O. The zero-order chi connectivity index (χ0) is 21.0. The maximum atomic E-state index is 11.9. The van der Waals surface area contributed by atoms with Crippen LogP contribution in [0.25, 0.3) is 0 Å². The second-order valence-electron chi connectivity index (χ2n) is 7.57. The molecule has 0 aromatic heterocycles. The van der Waals surface area contributed by atoms with Crippen LogP contribution in [-0.2, 0) is 42.9 Å². The van der Waals surface area contributed by atoms with Crippen LogP contribution in [0.3, 0.4) is 0 Å². The molecule has 0 N–H and O–H groups in total. The van der Waals surface area contributed by atoms with Crippen LogP contribution in [0, 0.1) is 5.41 Å². The van der Waals surface area contributed by atoms with Gasteiger partial charge in [0.25, 0.3) is 0 Å². The van der Waals surface area contributed by atoms with Gasteiger partial charge in [-0.2, -0.15) is 0 Å². The molecule has 0 aromatic rings. The van der Waals surface area contributed by atoms with Crippen LogP contribution in [0.5, 0.6) is 0 Å². The van der Waals surface area contributed by atoms with E-state index in [0.29, 0.717) is 0 Å². The first-order valence-corrected chi connectivity index (χ1v) is 8.58. The van der Waals surface area contributed by atoms with Crippen LogP contribution in [0.15, 0.2) is 0 Å². The molecule has 0 amide bonds. The Morgan fingerprint density at radius 1 is 0.889 bits per heavy atom. The second-order valence-corrected chi connectivity index (χ2v) is 7.57. The Balaban J connectivity index is 3.45. The minimum Gasteiger partial charge on any atom is -0.463 e. The first-order chi connectivity index (χ1) is 12.3. The second kappa shape index (κ2) is 8.69. The van der Waals surface area contributed by atoms with Crippen molar-refractivity contribution in [3.8, 4) is 0 Å². The van der Waals surface area contributed by atoms with Gasteiger partial charge in [-0.05, 0) is 5.41 Å². The molecule has 0 spiro atoms. The lowest BCUT2D eigenvalue weighted by Gasteiger charge is -2.38. The predicted octanol–water partition coefficient (Wildman–Crippen LogP) is 1.16. The highest BCUT2D eigenvalue weighted by atomic mass is 16.7. The van der Waals surface area contributed by atoms with E-state index in [0.717, 1.165) is 0 Å². The van der Waals surface area contributed by atoms with E-state index in [1.54, 1.807) is 0 Å². The van der Waals surface area contributed by atoms with Crippen LogP contribution < -0.4 is 0 Å². The number of hydrogen-bond donors (Lipinski definition) is 0. The van der Waals surface area contributed by atoms with Crippen molar-refractivity contribution >= 4 is 23.9 Å². The third-order valence-corrected chi connectivity index (χ3v) is 4.03. The van der Waals surface area contributed by atoms with E-state index < -0.39 is 59.8 Å². The summed E-state index contributed by atoms with van der Waals surface area (Å²) in [5, 5.41) is 0. The number of rotatable bonds is 6. The van der Waals surface area contributed by atoms with E-state index in [2.05, 4.69) is 0 Å². The molecular formula is C18H28O9. The summed E-state index contributed by atoms with van der Waals surface area (Å²) in [5.41, 5.74) is -2.19. The average molecular weight is 388 g/mol. The molecule has 1 heterocycles. The lowest BCUT2D eigenvalue weighted by atomic mass is 9.80. The fourth-order valence-electron chi connectivity index (χ4n) is 2.99. The Bertz CT molecular complexity index is 592. The lowest BCUT2D eigenvalue weighted by molar-refractivity contribution is -0.200. The molecule has 9 heteroatoms. The predicted molar refractivity (Wildman–Crippen MR) is 91.4 cm³/mol. The van der Waals surface area contributed by atoms with E-state index in [9.17, 15) is 19.2 Å². The first-order valence-electron chi connectivity index (χ1n) is 8.58. The van der Waals surface area contributed by atoms with Gasteiger partial charge >= 0.3 is 23.9 Å². The fourth-order valence-corrected chi connectivity index (χ4v) is 2.99. The van der Waals surface area contributed by atoms with Gasteiger partial charge in [0.15, 0.2) is 6.10 Å². The van der Waals surface area contributed by atoms with E-state index >= 15 is 0 Å². The summed E-state index contributed by atoms with van der Waals surface area (Å²) in [6.07, 6.45) is -2.78.